The first-order chi connectivity index (χ1) is 12.4. The predicted molar refractivity (Wildman–Crippen MR) is 117 cm³/mol. The van der Waals surface area contributed by atoms with E-state index < -0.39 is 5.60 Å². The first kappa shape index (κ1) is 21.7. The number of halogens is 1. The second kappa shape index (κ2) is 9.09. The van der Waals surface area contributed by atoms with Crippen molar-refractivity contribution in [2.24, 2.45) is 4.99 Å². The van der Waals surface area contributed by atoms with Gasteiger partial charge in [0, 0.05) is 31.7 Å². The second-order valence-corrected chi connectivity index (χ2v) is 7.44. The van der Waals surface area contributed by atoms with Gasteiger partial charge in [-0.1, -0.05) is 0 Å². The summed E-state index contributed by atoms with van der Waals surface area (Å²) < 4.78 is 7.36. The maximum absolute atomic E-state index is 10.6. The summed E-state index contributed by atoms with van der Waals surface area (Å²) in [7, 11) is 1.73. The molecular formula is C19H30IN5O2. The largest absolute Gasteiger partial charge is 0.466 e. The van der Waals surface area contributed by atoms with Crippen LogP contribution in [0, 0.1) is 0 Å². The van der Waals surface area contributed by atoms with Crippen molar-refractivity contribution >= 4 is 29.9 Å². The number of aromatic nitrogens is 2. The van der Waals surface area contributed by atoms with Crippen LogP contribution in [-0.4, -0.2) is 40.5 Å². The number of rotatable bonds is 5. The first-order valence-corrected chi connectivity index (χ1v) is 9.19. The minimum absolute atomic E-state index is 0. The highest BCUT2D eigenvalue weighted by molar-refractivity contribution is 14.0. The molecule has 0 spiro atoms. The van der Waals surface area contributed by atoms with Gasteiger partial charge < -0.3 is 20.2 Å². The zero-order chi connectivity index (χ0) is 18.7. The third-order valence-corrected chi connectivity index (χ3v) is 4.84. The average molecular weight is 487 g/mol. The minimum Gasteiger partial charge on any atom is -0.466 e. The van der Waals surface area contributed by atoms with E-state index in [1.807, 2.05) is 4.68 Å². The summed E-state index contributed by atoms with van der Waals surface area (Å²) in [6.45, 7) is 6.31. The van der Waals surface area contributed by atoms with Crippen molar-refractivity contribution in [3.8, 4) is 0 Å². The number of aliphatic imine (C=N–C) groups is 1. The molecule has 2 aromatic heterocycles. The minimum atomic E-state index is -1.10. The summed E-state index contributed by atoms with van der Waals surface area (Å²) in [5.41, 5.74) is 1.41. The molecule has 3 rings (SSSR count). The monoisotopic (exact) mass is 487 g/mol. The van der Waals surface area contributed by atoms with Crippen LogP contribution in [0.25, 0.3) is 0 Å². The number of furan rings is 1. The third-order valence-electron chi connectivity index (χ3n) is 4.84. The standard InChI is InChI=1S/C19H29N5O2.HI/c1-13(2)24-11-14-7-8-15(10-16(14)23-24)22-18(20-4)21-12-19(3,25)17-6-5-9-26-17;/h5-6,9,11,13,15,25H,7-8,10,12H2,1-4H3,(H2,20,21,22);1H. The SMILES string of the molecule is CN=C(NCC(C)(O)c1ccco1)NC1CCc2cn(C(C)C)nc2C1.I. The van der Waals surface area contributed by atoms with E-state index in [4.69, 9.17) is 9.52 Å². The Morgan fingerprint density at radius 2 is 2.30 bits per heavy atom. The van der Waals surface area contributed by atoms with Crippen molar-refractivity contribution in [3.05, 3.63) is 41.6 Å². The molecule has 7 nitrogen and oxygen atoms in total. The Morgan fingerprint density at radius 3 is 2.93 bits per heavy atom. The van der Waals surface area contributed by atoms with Gasteiger partial charge in [0.15, 0.2) is 5.96 Å². The van der Waals surface area contributed by atoms with E-state index in [0.29, 0.717) is 24.3 Å². The number of nitrogens with one attached hydrogen (secondary N) is 2. The molecule has 0 saturated heterocycles. The van der Waals surface area contributed by atoms with Gasteiger partial charge in [-0.05, 0) is 51.3 Å². The zero-order valence-electron chi connectivity index (χ0n) is 16.4. The Labute approximate surface area is 177 Å². The molecule has 0 fully saturated rings. The number of hydrogen-bond acceptors (Lipinski definition) is 4. The van der Waals surface area contributed by atoms with Crippen molar-refractivity contribution < 1.29 is 9.52 Å². The molecule has 2 heterocycles. The van der Waals surface area contributed by atoms with Gasteiger partial charge in [-0.2, -0.15) is 5.10 Å². The van der Waals surface area contributed by atoms with E-state index in [1.54, 1.807) is 32.4 Å². The van der Waals surface area contributed by atoms with E-state index in [2.05, 4.69) is 35.7 Å². The molecule has 3 N–H and O–H groups in total. The van der Waals surface area contributed by atoms with Crippen LogP contribution in [0.4, 0.5) is 0 Å². The predicted octanol–water partition coefficient (Wildman–Crippen LogP) is 2.61. The Bertz CT molecular complexity index is 752. The fourth-order valence-corrected chi connectivity index (χ4v) is 3.22. The van der Waals surface area contributed by atoms with Crippen molar-refractivity contribution in [2.75, 3.05) is 13.6 Å². The number of hydrogen-bond donors (Lipinski definition) is 3. The van der Waals surface area contributed by atoms with E-state index in [0.717, 1.165) is 19.3 Å². The smallest absolute Gasteiger partial charge is 0.191 e. The van der Waals surface area contributed by atoms with Gasteiger partial charge in [-0.25, -0.2) is 0 Å². The second-order valence-electron chi connectivity index (χ2n) is 7.44. The number of nitrogens with zero attached hydrogens (tertiary/aromatic N) is 3. The van der Waals surface area contributed by atoms with Crippen molar-refractivity contribution in [1.82, 2.24) is 20.4 Å². The molecule has 0 aliphatic heterocycles. The summed E-state index contributed by atoms with van der Waals surface area (Å²) in [6.07, 6.45) is 6.66. The van der Waals surface area contributed by atoms with Gasteiger partial charge in [0.05, 0.1) is 18.5 Å². The maximum Gasteiger partial charge on any atom is 0.191 e. The Morgan fingerprint density at radius 1 is 1.52 bits per heavy atom. The van der Waals surface area contributed by atoms with Crippen LogP contribution < -0.4 is 10.6 Å². The summed E-state index contributed by atoms with van der Waals surface area (Å²) in [5, 5.41) is 21.9. The van der Waals surface area contributed by atoms with Gasteiger partial charge >= 0.3 is 0 Å². The van der Waals surface area contributed by atoms with Gasteiger partial charge in [-0.3, -0.25) is 9.67 Å². The molecule has 0 bridgehead atoms. The number of guanidine groups is 1. The molecule has 0 aromatic carbocycles. The number of aryl methyl sites for hydroxylation is 1. The lowest BCUT2D eigenvalue weighted by molar-refractivity contribution is 0.0385. The lowest BCUT2D eigenvalue weighted by Crippen LogP contribution is -2.49. The average Bonchev–Trinajstić information content (AvgIpc) is 3.27. The van der Waals surface area contributed by atoms with Crippen LogP contribution in [0.3, 0.4) is 0 Å². The molecule has 0 radical (unpaired) electrons. The van der Waals surface area contributed by atoms with Crippen LogP contribution in [0.5, 0.6) is 0 Å². The molecule has 150 valence electrons. The fourth-order valence-electron chi connectivity index (χ4n) is 3.22. The Hall–Kier alpha value is -1.55. The van der Waals surface area contributed by atoms with Crippen LogP contribution >= 0.6 is 24.0 Å². The zero-order valence-corrected chi connectivity index (χ0v) is 18.7. The highest BCUT2D eigenvalue weighted by atomic mass is 127. The molecule has 1 aliphatic carbocycles. The summed E-state index contributed by atoms with van der Waals surface area (Å²) in [4.78, 5) is 4.28. The summed E-state index contributed by atoms with van der Waals surface area (Å²) >= 11 is 0. The van der Waals surface area contributed by atoms with E-state index in [9.17, 15) is 5.11 Å². The van der Waals surface area contributed by atoms with E-state index >= 15 is 0 Å². The van der Waals surface area contributed by atoms with Crippen LogP contribution in [0.2, 0.25) is 0 Å². The molecule has 2 aromatic rings. The normalized spacial score (nSPS) is 19.2. The van der Waals surface area contributed by atoms with Gasteiger partial charge in [0.25, 0.3) is 0 Å². The van der Waals surface area contributed by atoms with E-state index in [1.165, 1.54) is 11.3 Å². The van der Waals surface area contributed by atoms with Crippen molar-refractivity contribution in [3.63, 3.8) is 0 Å². The van der Waals surface area contributed by atoms with Crippen molar-refractivity contribution in [2.45, 2.75) is 57.7 Å². The Kier molecular flexibility index (Phi) is 7.32. The highest BCUT2D eigenvalue weighted by Gasteiger charge is 2.27. The molecule has 0 amide bonds. The summed E-state index contributed by atoms with van der Waals surface area (Å²) in [5.74, 6) is 1.20. The summed E-state index contributed by atoms with van der Waals surface area (Å²) in [6, 6.07) is 4.20. The molecule has 27 heavy (non-hydrogen) atoms. The molecule has 0 saturated carbocycles. The van der Waals surface area contributed by atoms with Gasteiger partial charge in [-0.15, -0.1) is 24.0 Å². The van der Waals surface area contributed by atoms with Gasteiger partial charge in [0.1, 0.15) is 11.4 Å². The first-order valence-electron chi connectivity index (χ1n) is 9.19. The molecule has 2 unspecified atom stereocenters. The van der Waals surface area contributed by atoms with Crippen LogP contribution in [0.1, 0.15) is 50.3 Å². The number of aliphatic hydroxyl groups is 1. The maximum atomic E-state index is 10.6. The van der Waals surface area contributed by atoms with Crippen LogP contribution in [0.15, 0.2) is 34.0 Å². The molecule has 2 atom stereocenters. The van der Waals surface area contributed by atoms with E-state index in [-0.39, 0.29) is 30.0 Å². The molecule has 1 aliphatic rings. The molecular weight excluding hydrogens is 457 g/mol. The lowest BCUT2D eigenvalue weighted by Gasteiger charge is -2.27. The molecule has 8 heteroatoms. The topological polar surface area (TPSA) is 87.6 Å². The third kappa shape index (κ3) is 5.25. The highest BCUT2D eigenvalue weighted by Crippen LogP contribution is 2.22. The van der Waals surface area contributed by atoms with Crippen molar-refractivity contribution in [1.29, 1.82) is 0 Å². The van der Waals surface area contributed by atoms with Gasteiger partial charge in [0.2, 0.25) is 0 Å². The fraction of sp³-hybridized carbons (Fsp3) is 0.579. The quantitative estimate of drug-likeness (QED) is 0.343. The lowest BCUT2D eigenvalue weighted by atomic mass is 9.94. The number of fused-ring (bicyclic) bond motifs is 1. The van der Waals surface area contributed by atoms with Crippen LogP contribution in [-0.2, 0) is 18.4 Å². The Balaban J connectivity index is 0.00000261.